The molecule has 15 heavy (non-hydrogen) atoms. The minimum Gasteiger partial charge on any atom is -0.377 e. The van der Waals surface area contributed by atoms with E-state index in [4.69, 9.17) is 4.74 Å². The predicted molar refractivity (Wildman–Crippen MR) is 59.7 cm³/mol. The van der Waals surface area contributed by atoms with Crippen LogP contribution < -0.4 is 10.6 Å². The first-order chi connectivity index (χ1) is 6.97. The van der Waals surface area contributed by atoms with Gasteiger partial charge in [-0.05, 0) is 27.2 Å². The van der Waals surface area contributed by atoms with E-state index in [0.717, 1.165) is 13.0 Å². The van der Waals surface area contributed by atoms with Gasteiger partial charge >= 0.3 is 0 Å². The number of hydrogen-bond acceptors (Lipinski definition) is 3. The van der Waals surface area contributed by atoms with Crippen LogP contribution in [0.4, 0.5) is 0 Å². The number of ether oxygens (including phenoxy) is 1. The SMILES string of the molecule is CNC(=O)C(C)(C)CN[C@@H]1CCO[C@H]1C. The maximum atomic E-state index is 11.5. The third kappa shape index (κ3) is 3.18. The van der Waals surface area contributed by atoms with Gasteiger partial charge in [-0.2, -0.15) is 0 Å². The van der Waals surface area contributed by atoms with E-state index in [1.165, 1.54) is 0 Å². The van der Waals surface area contributed by atoms with Gasteiger partial charge < -0.3 is 15.4 Å². The van der Waals surface area contributed by atoms with Gasteiger partial charge in [0.1, 0.15) is 0 Å². The standard InChI is InChI=1S/C11H22N2O2/c1-8-9(5-6-15-8)13-7-11(2,3)10(14)12-4/h8-9,13H,5-7H2,1-4H3,(H,12,14)/t8-,9+/m0/s1. The lowest BCUT2D eigenvalue weighted by atomic mass is 9.91. The Kier molecular flexibility index (Phi) is 4.11. The first-order valence-corrected chi connectivity index (χ1v) is 5.54. The van der Waals surface area contributed by atoms with Crippen LogP contribution in [0.1, 0.15) is 27.2 Å². The molecule has 1 saturated heterocycles. The highest BCUT2D eigenvalue weighted by atomic mass is 16.5. The number of amides is 1. The van der Waals surface area contributed by atoms with Crippen molar-refractivity contribution in [1.29, 1.82) is 0 Å². The van der Waals surface area contributed by atoms with Crippen LogP contribution in [0.3, 0.4) is 0 Å². The molecule has 0 aromatic rings. The number of nitrogens with one attached hydrogen (secondary N) is 2. The van der Waals surface area contributed by atoms with E-state index in [1.807, 2.05) is 13.8 Å². The molecule has 1 fully saturated rings. The van der Waals surface area contributed by atoms with E-state index in [-0.39, 0.29) is 17.4 Å². The third-order valence-electron chi connectivity index (χ3n) is 3.02. The van der Waals surface area contributed by atoms with E-state index >= 15 is 0 Å². The molecule has 0 bridgehead atoms. The predicted octanol–water partition coefficient (Wildman–Crippen LogP) is 0.526. The molecule has 0 radical (unpaired) electrons. The van der Waals surface area contributed by atoms with Crippen LogP contribution >= 0.6 is 0 Å². The molecule has 4 heteroatoms. The highest BCUT2D eigenvalue weighted by Crippen LogP contribution is 2.17. The molecular weight excluding hydrogens is 192 g/mol. The Morgan fingerprint density at radius 2 is 2.20 bits per heavy atom. The van der Waals surface area contributed by atoms with Gasteiger partial charge in [-0.3, -0.25) is 4.79 Å². The van der Waals surface area contributed by atoms with Gasteiger partial charge in [0.15, 0.2) is 0 Å². The average Bonchev–Trinajstić information content (AvgIpc) is 2.60. The summed E-state index contributed by atoms with van der Waals surface area (Å²) < 4.78 is 5.45. The first-order valence-electron chi connectivity index (χ1n) is 5.54. The molecule has 1 aliphatic rings. The van der Waals surface area contributed by atoms with Crippen molar-refractivity contribution in [3.63, 3.8) is 0 Å². The van der Waals surface area contributed by atoms with Gasteiger partial charge in [-0.25, -0.2) is 0 Å². The summed E-state index contributed by atoms with van der Waals surface area (Å²) in [6.07, 6.45) is 1.29. The Hall–Kier alpha value is -0.610. The molecule has 0 unspecified atom stereocenters. The molecule has 88 valence electrons. The fourth-order valence-electron chi connectivity index (χ4n) is 1.80. The van der Waals surface area contributed by atoms with Crippen molar-refractivity contribution >= 4 is 5.91 Å². The number of carbonyl (C=O) groups excluding carboxylic acids is 1. The monoisotopic (exact) mass is 214 g/mol. The fourth-order valence-corrected chi connectivity index (χ4v) is 1.80. The van der Waals surface area contributed by atoms with E-state index in [2.05, 4.69) is 17.6 Å². The maximum Gasteiger partial charge on any atom is 0.226 e. The summed E-state index contributed by atoms with van der Waals surface area (Å²) in [6, 6.07) is 0.383. The molecule has 2 N–H and O–H groups in total. The van der Waals surface area contributed by atoms with Crippen LogP contribution in [-0.2, 0) is 9.53 Å². The molecule has 0 aliphatic carbocycles. The number of carbonyl (C=O) groups is 1. The Morgan fingerprint density at radius 3 is 2.67 bits per heavy atom. The quantitative estimate of drug-likeness (QED) is 0.717. The van der Waals surface area contributed by atoms with Gasteiger partial charge in [0.25, 0.3) is 0 Å². The molecular formula is C11H22N2O2. The maximum absolute atomic E-state index is 11.5. The second-order valence-electron chi connectivity index (χ2n) is 4.81. The second-order valence-corrected chi connectivity index (χ2v) is 4.81. The Labute approximate surface area is 91.8 Å². The van der Waals surface area contributed by atoms with Gasteiger partial charge in [-0.1, -0.05) is 0 Å². The minimum absolute atomic E-state index is 0.0709. The highest BCUT2D eigenvalue weighted by molar-refractivity contribution is 5.81. The van der Waals surface area contributed by atoms with E-state index in [0.29, 0.717) is 12.6 Å². The van der Waals surface area contributed by atoms with Crippen molar-refractivity contribution in [2.75, 3.05) is 20.2 Å². The van der Waals surface area contributed by atoms with Gasteiger partial charge in [0.05, 0.1) is 11.5 Å². The smallest absolute Gasteiger partial charge is 0.226 e. The summed E-state index contributed by atoms with van der Waals surface area (Å²) in [7, 11) is 1.67. The van der Waals surface area contributed by atoms with Crippen LogP contribution in [0.15, 0.2) is 0 Å². The highest BCUT2D eigenvalue weighted by Gasteiger charge is 2.30. The zero-order valence-electron chi connectivity index (χ0n) is 10.1. The summed E-state index contributed by atoms with van der Waals surface area (Å²) in [6.45, 7) is 7.46. The first kappa shape index (κ1) is 12.5. The summed E-state index contributed by atoms with van der Waals surface area (Å²) >= 11 is 0. The number of rotatable bonds is 4. The van der Waals surface area contributed by atoms with Crippen LogP contribution in [0.2, 0.25) is 0 Å². The Balaban J connectivity index is 2.38. The zero-order chi connectivity index (χ0) is 11.5. The molecule has 0 spiro atoms. The van der Waals surface area contributed by atoms with Crippen molar-refractivity contribution in [2.45, 2.75) is 39.3 Å². The Morgan fingerprint density at radius 1 is 1.53 bits per heavy atom. The zero-order valence-corrected chi connectivity index (χ0v) is 10.1. The van der Waals surface area contributed by atoms with Crippen molar-refractivity contribution in [2.24, 2.45) is 5.41 Å². The minimum atomic E-state index is -0.364. The summed E-state index contributed by atoms with van der Waals surface area (Å²) in [5.41, 5.74) is -0.364. The lowest BCUT2D eigenvalue weighted by molar-refractivity contribution is -0.128. The molecule has 4 nitrogen and oxygen atoms in total. The fraction of sp³-hybridized carbons (Fsp3) is 0.909. The molecule has 0 aromatic carbocycles. The van der Waals surface area contributed by atoms with E-state index in [1.54, 1.807) is 7.05 Å². The van der Waals surface area contributed by atoms with Gasteiger partial charge in [0.2, 0.25) is 5.91 Å². The molecule has 1 amide bonds. The molecule has 0 saturated carbocycles. The van der Waals surface area contributed by atoms with Crippen LogP contribution in [0.25, 0.3) is 0 Å². The average molecular weight is 214 g/mol. The largest absolute Gasteiger partial charge is 0.377 e. The summed E-state index contributed by atoms with van der Waals surface area (Å²) in [5, 5.41) is 6.08. The van der Waals surface area contributed by atoms with Crippen LogP contribution in [-0.4, -0.2) is 38.3 Å². The van der Waals surface area contributed by atoms with Crippen molar-refractivity contribution in [1.82, 2.24) is 10.6 Å². The molecule has 0 aromatic heterocycles. The Bertz CT molecular complexity index is 229. The van der Waals surface area contributed by atoms with E-state index in [9.17, 15) is 4.79 Å². The molecule has 1 aliphatic heterocycles. The van der Waals surface area contributed by atoms with Crippen molar-refractivity contribution in [3.8, 4) is 0 Å². The van der Waals surface area contributed by atoms with E-state index < -0.39 is 0 Å². The molecule has 1 rings (SSSR count). The van der Waals surface area contributed by atoms with Crippen molar-refractivity contribution in [3.05, 3.63) is 0 Å². The lowest BCUT2D eigenvalue weighted by Crippen LogP contribution is -2.46. The van der Waals surface area contributed by atoms with Crippen LogP contribution in [0, 0.1) is 5.41 Å². The lowest BCUT2D eigenvalue weighted by Gasteiger charge is -2.26. The number of hydrogen-bond donors (Lipinski definition) is 2. The molecule has 2 atom stereocenters. The normalized spacial score (nSPS) is 26.7. The van der Waals surface area contributed by atoms with Gasteiger partial charge in [-0.15, -0.1) is 0 Å². The van der Waals surface area contributed by atoms with Gasteiger partial charge in [0, 0.05) is 26.2 Å². The summed E-state index contributed by atoms with van der Waals surface area (Å²) in [5.74, 6) is 0.0709. The third-order valence-corrected chi connectivity index (χ3v) is 3.02. The second kappa shape index (κ2) is 4.94. The van der Waals surface area contributed by atoms with Crippen molar-refractivity contribution < 1.29 is 9.53 Å². The summed E-state index contributed by atoms with van der Waals surface area (Å²) in [4.78, 5) is 11.5. The topological polar surface area (TPSA) is 50.4 Å². The van der Waals surface area contributed by atoms with Crippen LogP contribution in [0.5, 0.6) is 0 Å². The molecule has 1 heterocycles.